The molecular weight excluding hydrogens is 811 g/mol. The van der Waals surface area contributed by atoms with Crippen molar-refractivity contribution in [2.45, 2.75) is 12.8 Å². The van der Waals surface area contributed by atoms with Crippen molar-refractivity contribution >= 4 is 61.9 Å². The van der Waals surface area contributed by atoms with Gasteiger partial charge in [-0.2, -0.15) is 0 Å². The van der Waals surface area contributed by atoms with Gasteiger partial charge in [0.05, 0.1) is 22.4 Å². The van der Waals surface area contributed by atoms with Gasteiger partial charge in [-0.05, 0) is 137 Å². The Morgan fingerprint density at radius 2 is 1.07 bits per heavy atom. The van der Waals surface area contributed by atoms with Crippen molar-refractivity contribution in [1.29, 1.82) is 0 Å². The Hall–Kier alpha value is -8.66. The van der Waals surface area contributed by atoms with E-state index in [1.54, 1.807) is 0 Å². The van der Waals surface area contributed by atoms with E-state index in [0.717, 1.165) is 69.2 Å². The van der Waals surface area contributed by atoms with Gasteiger partial charge in [-0.1, -0.05) is 170 Å². The molecule has 318 valence electrons. The molecule has 3 heteroatoms. The zero-order valence-corrected chi connectivity index (χ0v) is 37.1. The summed E-state index contributed by atoms with van der Waals surface area (Å²) < 4.78 is 2.38. The molecule has 12 rings (SSSR count). The third kappa shape index (κ3) is 7.18. The first-order valence-electron chi connectivity index (χ1n) is 23.2. The van der Waals surface area contributed by atoms with Crippen LogP contribution in [0.4, 0.5) is 22.7 Å². The van der Waals surface area contributed by atoms with Crippen LogP contribution >= 0.6 is 0 Å². The summed E-state index contributed by atoms with van der Waals surface area (Å²) in [5.74, 6) is 0. The third-order valence-corrected chi connectivity index (χ3v) is 13.3. The minimum absolute atomic E-state index is 1.01. The maximum atomic E-state index is 4.36. The summed E-state index contributed by atoms with van der Waals surface area (Å²) in [6.45, 7) is 4.36. The van der Waals surface area contributed by atoms with Gasteiger partial charge in [-0.25, -0.2) is 0 Å². The predicted molar refractivity (Wildman–Crippen MR) is 284 cm³/mol. The van der Waals surface area contributed by atoms with Gasteiger partial charge in [-0.3, -0.25) is 0 Å². The van der Waals surface area contributed by atoms with Crippen LogP contribution < -0.4 is 9.80 Å². The second-order valence-electron chi connectivity index (χ2n) is 17.3. The van der Waals surface area contributed by atoms with Crippen LogP contribution in [0.25, 0.3) is 67.1 Å². The zero-order chi connectivity index (χ0) is 44.7. The molecule has 0 saturated heterocycles. The van der Waals surface area contributed by atoms with Crippen LogP contribution in [0.3, 0.4) is 0 Å². The van der Waals surface area contributed by atoms with Crippen LogP contribution in [0.15, 0.2) is 255 Å². The van der Waals surface area contributed by atoms with Gasteiger partial charge < -0.3 is 14.4 Å². The summed E-state index contributed by atoms with van der Waals surface area (Å²) in [5, 5.41) is 2.42. The number of aromatic nitrogens is 1. The SMILES string of the molecule is C=CC1=C(/C=C/c2ccc(N(c3cc(-c4ccccc4)cc(-c4ccccc4)c3)c3ccc4c(c3)c3ccccc3n4-c3ccccc3)cc2)N(c2ccccc2)C2=CCCc3cccc1c32. The number of hydrogen-bond donors (Lipinski definition) is 0. The van der Waals surface area contributed by atoms with Crippen molar-refractivity contribution in [3.05, 3.63) is 277 Å². The predicted octanol–water partition coefficient (Wildman–Crippen LogP) is 17.0. The number of allylic oxidation sites excluding steroid dienone is 4. The molecule has 0 N–H and O–H groups in total. The Bertz CT molecular complexity index is 3500. The summed E-state index contributed by atoms with van der Waals surface area (Å²) in [5.41, 5.74) is 21.1. The van der Waals surface area contributed by atoms with Gasteiger partial charge in [0.2, 0.25) is 0 Å². The summed E-state index contributed by atoms with van der Waals surface area (Å²) in [6.07, 6.45) is 11.0. The molecule has 0 unspecified atom stereocenters. The van der Waals surface area contributed by atoms with E-state index in [9.17, 15) is 0 Å². The Morgan fingerprint density at radius 3 is 1.76 bits per heavy atom. The van der Waals surface area contributed by atoms with Gasteiger partial charge in [0, 0.05) is 50.3 Å². The lowest BCUT2D eigenvalue weighted by molar-refractivity contribution is 0.957. The standard InChI is InChI=1S/C64H47N3/c1-2-56-58-30-17-23-48-24-18-32-63(64(48)58)67(52-27-13-6-14-28-52)61(56)39-35-45-33-36-53(37-34-45)65(55-42-49(46-19-7-3-8-20-46)41-50(43-55)47-21-9-4-10-22-47)54-38-40-62-59(44-54)57-29-15-16-31-60(57)66(62)51-25-11-5-12-26-51/h2-17,19-23,25-44H,1,18,24H2/b39-35+. The van der Waals surface area contributed by atoms with E-state index in [0.29, 0.717) is 0 Å². The first kappa shape index (κ1) is 39.9. The summed E-state index contributed by atoms with van der Waals surface area (Å²) >= 11 is 0. The molecule has 2 aliphatic rings. The molecule has 10 aromatic rings. The Morgan fingerprint density at radius 1 is 0.463 bits per heavy atom. The van der Waals surface area contributed by atoms with E-state index in [4.69, 9.17) is 0 Å². The Kier molecular flexibility index (Phi) is 10.1. The molecule has 0 spiro atoms. The summed E-state index contributed by atoms with van der Waals surface area (Å²) in [4.78, 5) is 4.84. The molecule has 3 nitrogen and oxygen atoms in total. The van der Waals surface area contributed by atoms with Crippen molar-refractivity contribution in [2.24, 2.45) is 0 Å². The molecule has 0 amide bonds. The highest BCUT2D eigenvalue weighted by Crippen LogP contribution is 2.47. The average molecular weight is 858 g/mol. The maximum Gasteiger partial charge on any atom is 0.0542 e. The fourth-order valence-electron chi connectivity index (χ4n) is 10.3. The molecule has 1 aliphatic carbocycles. The average Bonchev–Trinajstić information content (AvgIpc) is 3.73. The lowest BCUT2D eigenvalue weighted by Gasteiger charge is -2.38. The minimum atomic E-state index is 1.01. The van der Waals surface area contributed by atoms with Crippen LogP contribution in [0.1, 0.15) is 28.7 Å². The molecule has 1 aromatic heterocycles. The maximum absolute atomic E-state index is 4.36. The number of fused-ring (bicyclic) bond motifs is 3. The van der Waals surface area contributed by atoms with Crippen LogP contribution in [0.2, 0.25) is 0 Å². The van der Waals surface area contributed by atoms with Gasteiger partial charge in [-0.15, -0.1) is 0 Å². The van der Waals surface area contributed by atoms with Gasteiger partial charge in [0.1, 0.15) is 0 Å². The summed E-state index contributed by atoms with van der Waals surface area (Å²) in [7, 11) is 0. The molecule has 67 heavy (non-hydrogen) atoms. The number of para-hydroxylation sites is 3. The van der Waals surface area contributed by atoms with E-state index in [1.165, 1.54) is 55.3 Å². The normalized spacial score (nSPS) is 13.3. The van der Waals surface area contributed by atoms with Crippen molar-refractivity contribution in [3.8, 4) is 27.9 Å². The largest absolute Gasteiger partial charge is 0.310 e. The molecular formula is C64H47N3. The van der Waals surface area contributed by atoms with Crippen molar-refractivity contribution in [2.75, 3.05) is 9.80 Å². The molecule has 2 heterocycles. The number of benzene rings is 9. The van der Waals surface area contributed by atoms with Crippen molar-refractivity contribution in [1.82, 2.24) is 4.57 Å². The topological polar surface area (TPSA) is 11.4 Å². The van der Waals surface area contributed by atoms with Gasteiger partial charge in [0.25, 0.3) is 0 Å². The highest BCUT2D eigenvalue weighted by Gasteiger charge is 2.31. The lowest BCUT2D eigenvalue weighted by atomic mass is 9.83. The molecule has 0 bridgehead atoms. The molecule has 1 aliphatic heterocycles. The number of nitrogens with zero attached hydrogens (tertiary/aromatic N) is 3. The van der Waals surface area contributed by atoms with Crippen LogP contribution in [0, 0.1) is 0 Å². The first-order valence-corrected chi connectivity index (χ1v) is 23.2. The molecule has 0 radical (unpaired) electrons. The van der Waals surface area contributed by atoms with Gasteiger partial charge in [0.15, 0.2) is 0 Å². The monoisotopic (exact) mass is 857 g/mol. The van der Waals surface area contributed by atoms with E-state index in [-0.39, 0.29) is 0 Å². The molecule has 0 atom stereocenters. The van der Waals surface area contributed by atoms with Crippen molar-refractivity contribution < 1.29 is 0 Å². The summed E-state index contributed by atoms with van der Waals surface area (Å²) in [6, 6.07) is 81.3. The van der Waals surface area contributed by atoms with Crippen molar-refractivity contribution in [3.63, 3.8) is 0 Å². The van der Waals surface area contributed by atoms with E-state index >= 15 is 0 Å². The smallest absolute Gasteiger partial charge is 0.0542 e. The Labute approximate surface area is 392 Å². The molecule has 9 aromatic carbocycles. The van der Waals surface area contributed by atoms with Crippen LogP contribution in [0.5, 0.6) is 0 Å². The zero-order valence-electron chi connectivity index (χ0n) is 37.1. The number of rotatable bonds is 10. The second-order valence-corrected chi connectivity index (χ2v) is 17.3. The molecule has 0 fully saturated rings. The quantitative estimate of drug-likeness (QED) is 0.136. The van der Waals surface area contributed by atoms with E-state index in [1.807, 2.05) is 6.08 Å². The first-order chi connectivity index (χ1) is 33.2. The van der Waals surface area contributed by atoms with Gasteiger partial charge >= 0.3 is 0 Å². The number of anilines is 4. The number of hydrogen-bond acceptors (Lipinski definition) is 2. The third-order valence-electron chi connectivity index (χ3n) is 13.3. The van der Waals surface area contributed by atoms with Crippen LogP contribution in [-0.4, -0.2) is 4.57 Å². The van der Waals surface area contributed by atoms with E-state index in [2.05, 4.69) is 264 Å². The fourth-order valence-corrected chi connectivity index (χ4v) is 10.3. The number of aryl methyl sites for hydroxylation is 1. The molecule has 0 saturated carbocycles. The lowest BCUT2D eigenvalue weighted by Crippen LogP contribution is -2.27. The highest BCUT2D eigenvalue weighted by atomic mass is 15.2. The van der Waals surface area contributed by atoms with Crippen LogP contribution in [-0.2, 0) is 6.42 Å². The highest BCUT2D eigenvalue weighted by molar-refractivity contribution is 6.11. The second kappa shape index (κ2) is 17.0. The van der Waals surface area contributed by atoms with E-state index < -0.39 is 0 Å². The Balaban J connectivity index is 1.01. The minimum Gasteiger partial charge on any atom is -0.310 e. The fraction of sp³-hybridized carbons (Fsp3) is 0.0312.